The molecule has 0 spiro atoms. The highest BCUT2D eigenvalue weighted by Crippen LogP contribution is 2.67. The number of rotatable bonds is 9. The monoisotopic (exact) mass is 448 g/mol. The third-order valence-electron chi connectivity index (χ3n) is 10.6. The van der Waals surface area contributed by atoms with Crippen LogP contribution < -0.4 is 0 Å². The van der Waals surface area contributed by atoms with E-state index in [-0.39, 0.29) is 12.4 Å². The average molecular weight is 449 g/mol. The summed E-state index contributed by atoms with van der Waals surface area (Å²) in [4.78, 5) is 0. The minimum Gasteiger partial charge on any atom is -0.396 e. The summed E-state index contributed by atoms with van der Waals surface area (Å²) >= 11 is 0. The molecule has 184 valence electrons. The number of fused-ring (bicyclic) bond motifs is 5. The number of ether oxygens (including phenoxy) is 3. The lowest BCUT2D eigenvalue weighted by atomic mass is 9.47. The predicted molar refractivity (Wildman–Crippen MR) is 128 cm³/mol. The minimum absolute atomic E-state index is 0.211. The first kappa shape index (κ1) is 24.7. The van der Waals surface area contributed by atoms with E-state index in [0.717, 1.165) is 48.9 Å². The topological polar surface area (TPSA) is 47.9 Å². The molecule has 4 heteroatoms. The van der Waals surface area contributed by atoms with Crippen LogP contribution in [0.1, 0.15) is 91.9 Å². The Morgan fingerprint density at radius 1 is 1.09 bits per heavy atom. The maximum Gasteiger partial charge on any atom is 0.157 e. The van der Waals surface area contributed by atoms with Crippen molar-refractivity contribution in [3.05, 3.63) is 11.6 Å². The molecule has 1 N–H and O–H groups in total. The van der Waals surface area contributed by atoms with Crippen LogP contribution in [-0.2, 0) is 14.2 Å². The molecule has 1 unspecified atom stereocenters. The lowest BCUT2D eigenvalue weighted by molar-refractivity contribution is -0.192. The normalized spacial score (nSPS) is 43.1. The molecule has 0 bridgehead atoms. The lowest BCUT2D eigenvalue weighted by Gasteiger charge is -2.58. The zero-order chi connectivity index (χ0) is 22.9. The maximum atomic E-state index is 9.32. The highest BCUT2D eigenvalue weighted by atomic mass is 16.7. The Bertz CT molecular complexity index is 662. The van der Waals surface area contributed by atoms with Crippen molar-refractivity contribution in [2.75, 3.05) is 20.5 Å². The molecule has 3 saturated carbocycles. The SMILES string of the molecule is COC(C)OCO[C@H]1CC[C@@]2(C)C(=CC[C@H]3[C@@H]4CC[C@H]([C@H](C)CCCO)[C@@]4(C)CC[C@@H]32)C1. The Balaban J connectivity index is 1.42. The van der Waals surface area contributed by atoms with Crippen LogP contribution >= 0.6 is 0 Å². The van der Waals surface area contributed by atoms with E-state index in [9.17, 15) is 5.11 Å². The first-order valence-electron chi connectivity index (χ1n) is 13.4. The Hall–Kier alpha value is -0.420. The third kappa shape index (κ3) is 4.46. The van der Waals surface area contributed by atoms with Gasteiger partial charge in [-0.3, -0.25) is 0 Å². The van der Waals surface area contributed by atoms with Crippen molar-refractivity contribution in [1.82, 2.24) is 0 Å². The van der Waals surface area contributed by atoms with E-state index in [4.69, 9.17) is 14.2 Å². The van der Waals surface area contributed by atoms with Crippen molar-refractivity contribution in [1.29, 1.82) is 0 Å². The van der Waals surface area contributed by atoms with Crippen LogP contribution in [-0.4, -0.2) is 38.0 Å². The average Bonchev–Trinajstić information content (AvgIpc) is 3.14. The molecule has 0 radical (unpaired) electrons. The second-order valence-corrected chi connectivity index (χ2v) is 12.0. The van der Waals surface area contributed by atoms with Gasteiger partial charge in [-0.05, 0) is 112 Å². The van der Waals surface area contributed by atoms with Gasteiger partial charge in [0.05, 0.1) is 6.10 Å². The van der Waals surface area contributed by atoms with Gasteiger partial charge in [0.25, 0.3) is 0 Å². The van der Waals surface area contributed by atoms with Gasteiger partial charge in [0.1, 0.15) is 6.79 Å². The van der Waals surface area contributed by atoms with E-state index in [0.29, 0.717) is 24.2 Å². The van der Waals surface area contributed by atoms with Crippen molar-refractivity contribution in [3.63, 3.8) is 0 Å². The fourth-order valence-corrected chi connectivity index (χ4v) is 8.66. The molecule has 32 heavy (non-hydrogen) atoms. The van der Waals surface area contributed by atoms with Crippen LogP contribution in [0.3, 0.4) is 0 Å². The molecule has 4 nitrogen and oxygen atoms in total. The quantitative estimate of drug-likeness (QED) is 0.331. The van der Waals surface area contributed by atoms with Gasteiger partial charge in [-0.15, -0.1) is 0 Å². The van der Waals surface area contributed by atoms with Crippen molar-refractivity contribution in [2.45, 2.75) is 104 Å². The highest BCUT2D eigenvalue weighted by molar-refractivity contribution is 5.25. The standard InChI is InChI=1S/C28H48O4/c1-19(7-6-16-29)24-10-11-25-23-9-8-21-17-22(32-18-31-20(2)30-5)12-14-27(21,3)26(23)13-15-28(24,25)4/h8,19-20,22-26,29H,6-7,9-18H2,1-5H3/t19-,20?,22+,23+,24-,25+,26+,27+,28-/m1/s1. The molecule has 3 fully saturated rings. The van der Waals surface area contributed by atoms with Crippen LogP contribution in [0.15, 0.2) is 11.6 Å². The smallest absolute Gasteiger partial charge is 0.157 e. The van der Waals surface area contributed by atoms with E-state index in [1.165, 1.54) is 44.9 Å². The zero-order valence-corrected chi connectivity index (χ0v) is 21.3. The maximum absolute atomic E-state index is 9.32. The van der Waals surface area contributed by atoms with Gasteiger partial charge < -0.3 is 19.3 Å². The summed E-state index contributed by atoms with van der Waals surface area (Å²) in [5, 5.41) is 9.32. The fraction of sp³-hybridized carbons (Fsp3) is 0.929. The third-order valence-corrected chi connectivity index (χ3v) is 10.6. The van der Waals surface area contributed by atoms with Gasteiger partial charge in [0.15, 0.2) is 6.29 Å². The van der Waals surface area contributed by atoms with Crippen LogP contribution in [0.25, 0.3) is 0 Å². The summed E-state index contributed by atoms with van der Waals surface area (Å²) in [5.41, 5.74) is 2.54. The number of hydrogen-bond acceptors (Lipinski definition) is 4. The van der Waals surface area contributed by atoms with Crippen molar-refractivity contribution in [3.8, 4) is 0 Å². The van der Waals surface area contributed by atoms with Gasteiger partial charge in [-0.25, -0.2) is 0 Å². The molecule has 4 aliphatic rings. The number of aliphatic hydroxyl groups is 1. The first-order valence-corrected chi connectivity index (χ1v) is 13.4. The summed E-state index contributed by atoms with van der Waals surface area (Å²) in [6.07, 6.45) is 15.2. The van der Waals surface area contributed by atoms with Gasteiger partial charge in [-0.1, -0.05) is 32.4 Å². The van der Waals surface area contributed by atoms with Crippen molar-refractivity contribution < 1.29 is 19.3 Å². The van der Waals surface area contributed by atoms with Crippen LogP contribution in [0.5, 0.6) is 0 Å². The zero-order valence-electron chi connectivity index (χ0n) is 21.3. The van der Waals surface area contributed by atoms with E-state index in [1.807, 2.05) is 6.92 Å². The van der Waals surface area contributed by atoms with Gasteiger partial charge in [0, 0.05) is 13.7 Å². The van der Waals surface area contributed by atoms with Crippen LogP contribution in [0, 0.1) is 40.4 Å². The molecular weight excluding hydrogens is 400 g/mol. The lowest BCUT2D eigenvalue weighted by Crippen LogP contribution is -2.51. The molecule has 4 aliphatic carbocycles. The Morgan fingerprint density at radius 2 is 1.91 bits per heavy atom. The van der Waals surface area contributed by atoms with E-state index in [1.54, 1.807) is 12.7 Å². The van der Waals surface area contributed by atoms with Crippen LogP contribution in [0.4, 0.5) is 0 Å². The van der Waals surface area contributed by atoms with Gasteiger partial charge in [-0.2, -0.15) is 0 Å². The molecule has 4 rings (SSSR count). The molecule has 0 aliphatic heterocycles. The van der Waals surface area contributed by atoms with Crippen molar-refractivity contribution >= 4 is 0 Å². The number of methoxy groups -OCH3 is 1. The van der Waals surface area contributed by atoms with E-state index in [2.05, 4.69) is 26.8 Å². The molecule has 0 saturated heterocycles. The molecule has 0 aromatic heterocycles. The highest BCUT2D eigenvalue weighted by Gasteiger charge is 2.59. The predicted octanol–water partition coefficient (Wildman–Crippen LogP) is 6.33. The summed E-state index contributed by atoms with van der Waals surface area (Å²) in [5.74, 6) is 4.18. The van der Waals surface area contributed by atoms with E-state index < -0.39 is 0 Å². The second-order valence-electron chi connectivity index (χ2n) is 12.0. The van der Waals surface area contributed by atoms with Crippen LogP contribution in [0.2, 0.25) is 0 Å². The molecular formula is C28H48O4. The Morgan fingerprint density at radius 3 is 2.66 bits per heavy atom. The number of aliphatic hydroxyl groups excluding tert-OH is 1. The molecule has 0 amide bonds. The Labute approximate surface area is 196 Å². The second kappa shape index (κ2) is 10.1. The Kier molecular flexibility index (Phi) is 7.76. The van der Waals surface area contributed by atoms with Crippen molar-refractivity contribution in [2.24, 2.45) is 40.4 Å². The van der Waals surface area contributed by atoms with E-state index >= 15 is 0 Å². The van der Waals surface area contributed by atoms with Gasteiger partial charge in [0.2, 0.25) is 0 Å². The summed E-state index contributed by atoms with van der Waals surface area (Å²) in [7, 11) is 1.66. The van der Waals surface area contributed by atoms with Gasteiger partial charge >= 0.3 is 0 Å². The molecule has 9 atom stereocenters. The molecule has 0 heterocycles. The number of hydrogen-bond donors (Lipinski definition) is 1. The fourth-order valence-electron chi connectivity index (χ4n) is 8.66. The first-order chi connectivity index (χ1) is 15.3. The summed E-state index contributed by atoms with van der Waals surface area (Å²) < 4.78 is 16.8. The summed E-state index contributed by atoms with van der Waals surface area (Å²) in [6.45, 7) is 10.2. The minimum atomic E-state index is -0.211. The molecule has 0 aromatic rings. The summed E-state index contributed by atoms with van der Waals surface area (Å²) in [6, 6.07) is 0. The largest absolute Gasteiger partial charge is 0.396 e. The number of allylic oxidation sites excluding steroid dienone is 1. The molecule has 0 aromatic carbocycles.